The second kappa shape index (κ2) is 8.76. The molecule has 0 saturated carbocycles. The van der Waals surface area contributed by atoms with Gasteiger partial charge in [0.25, 0.3) is 0 Å². The van der Waals surface area contributed by atoms with Crippen LogP contribution in [0.5, 0.6) is 0 Å². The third kappa shape index (κ3) is 3.86. The van der Waals surface area contributed by atoms with E-state index in [4.69, 9.17) is 9.47 Å². The van der Waals surface area contributed by atoms with Gasteiger partial charge in [0.1, 0.15) is 5.82 Å². The smallest absolute Gasteiger partial charge is 0.339 e. The number of nitrogens with zero attached hydrogens (tertiary/aromatic N) is 1. The monoisotopic (exact) mass is 492 g/mol. The highest BCUT2D eigenvalue weighted by molar-refractivity contribution is 9.10. The Balaban J connectivity index is 2.24. The van der Waals surface area contributed by atoms with Crippen LogP contribution in [0.3, 0.4) is 0 Å². The highest BCUT2D eigenvalue weighted by Gasteiger charge is 2.53. The number of anilines is 1. The summed E-state index contributed by atoms with van der Waals surface area (Å²) in [5.41, 5.74) is -3.67. The van der Waals surface area contributed by atoms with Gasteiger partial charge in [-0.05, 0) is 35.9 Å². The predicted octanol–water partition coefficient (Wildman–Crippen LogP) is 3.37. The number of hydrogen-bond donors (Lipinski definition) is 1. The Hall–Kier alpha value is -3.40. The van der Waals surface area contributed by atoms with Crippen LogP contribution in [0.2, 0.25) is 0 Å². The summed E-state index contributed by atoms with van der Waals surface area (Å²) < 4.78 is 39.6. The second-order valence-electron chi connectivity index (χ2n) is 6.36. The molecule has 160 valence electrons. The summed E-state index contributed by atoms with van der Waals surface area (Å²) in [4.78, 5) is 42.2. The summed E-state index contributed by atoms with van der Waals surface area (Å²) >= 11 is 3.10. The molecule has 31 heavy (non-hydrogen) atoms. The highest BCUT2D eigenvalue weighted by Crippen LogP contribution is 2.40. The summed E-state index contributed by atoms with van der Waals surface area (Å²) in [5, 5.41) is 2.42. The van der Waals surface area contributed by atoms with Crippen molar-refractivity contribution in [2.24, 2.45) is 0 Å². The molecule has 7 nitrogen and oxygen atoms in total. The molecule has 0 fully saturated rings. The summed E-state index contributed by atoms with van der Waals surface area (Å²) in [6, 6.07) is 6.67. The Morgan fingerprint density at radius 2 is 1.90 bits per heavy atom. The molecule has 1 aliphatic carbocycles. The van der Waals surface area contributed by atoms with Gasteiger partial charge in [0.05, 0.1) is 31.2 Å². The van der Waals surface area contributed by atoms with Gasteiger partial charge >= 0.3 is 11.9 Å². The molecule has 0 amide bonds. The van der Waals surface area contributed by atoms with Crippen molar-refractivity contribution >= 4 is 39.3 Å². The molecule has 1 aliphatic rings. The van der Waals surface area contributed by atoms with E-state index < -0.39 is 46.1 Å². The number of methoxy groups -OCH3 is 2. The van der Waals surface area contributed by atoms with Crippen molar-refractivity contribution < 1.29 is 32.6 Å². The summed E-state index contributed by atoms with van der Waals surface area (Å²) in [6.45, 7) is 0. The number of aromatic nitrogens is 1. The number of ketones is 1. The minimum Gasteiger partial charge on any atom is -0.468 e. The van der Waals surface area contributed by atoms with E-state index in [0.29, 0.717) is 4.47 Å². The lowest BCUT2D eigenvalue weighted by molar-refractivity contribution is -0.149. The van der Waals surface area contributed by atoms with E-state index in [1.54, 1.807) is 0 Å². The van der Waals surface area contributed by atoms with E-state index in [1.165, 1.54) is 36.7 Å². The topological polar surface area (TPSA) is 94.6 Å². The fourth-order valence-electron chi connectivity index (χ4n) is 3.12. The van der Waals surface area contributed by atoms with Crippen LogP contribution in [-0.4, -0.2) is 36.9 Å². The highest BCUT2D eigenvalue weighted by atomic mass is 79.9. The Bertz CT molecular complexity index is 1130. The van der Waals surface area contributed by atoms with E-state index in [0.717, 1.165) is 26.4 Å². The Kier molecular flexibility index (Phi) is 6.30. The lowest BCUT2D eigenvalue weighted by atomic mass is 9.72. The minimum atomic E-state index is -2.32. The van der Waals surface area contributed by atoms with Gasteiger partial charge in [-0.15, -0.1) is 0 Å². The van der Waals surface area contributed by atoms with E-state index in [2.05, 4.69) is 26.2 Å². The zero-order chi connectivity index (χ0) is 22.8. The van der Waals surface area contributed by atoms with Gasteiger partial charge in [-0.3, -0.25) is 14.6 Å². The van der Waals surface area contributed by atoms with Gasteiger partial charge in [0.15, 0.2) is 11.2 Å². The maximum absolute atomic E-state index is 15.4. The first kappa shape index (κ1) is 22.3. The second-order valence-corrected chi connectivity index (χ2v) is 7.27. The number of nitrogens with one attached hydrogen (secondary N) is 1. The molecular weight excluding hydrogens is 478 g/mol. The molecule has 1 aromatic carbocycles. The molecule has 3 rings (SSSR count). The SMILES string of the molecule is COC(=O)C1=CC(C(=O)OC)(c2cccnc2)C(=O)C(F)=C1Nc1ccc(Br)cc1F. The number of carbonyl (C=O) groups is 3. The molecule has 1 aromatic heterocycles. The van der Waals surface area contributed by atoms with Crippen LogP contribution in [-0.2, 0) is 29.3 Å². The molecule has 0 bridgehead atoms. The quantitative estimate of drug-likeness (QED) is 0.504. The van der Waals surface area contributed by atoms with Gasteiger partial charge in [0.2, 0.25) is 5.78 Å². The van der Waals surface area contributed by atoms with Gasteiger partial charge in [-0.25, -0.2) is 13.6 Å². The van der Waals surface area contributed by atoms with Crippen LogP contribution in [0.15, 0.2) is 70.4 Å². The molecule has 0 spiro atoms. The van der Waals surface area contributed by atoms with Crippen molar-refractivity contribution in [2.45, 2.75) is 5.41 Å². The normalized spacial score (nSPS) is 18.4. The van der Waals surface area contributed by atoms with Crippen molar-refractivity contribution in [3.63, 3.8) is 0 Å². The number of Topliss-reactive ketones (excluding diaryl/α,β-unsaturated/α-hetero) is 1. The molecule has 0 saturated heterocycles. The lowest BCUT2D eigenvalue weighted by Crippen LogP contribution is -2.47. The number of carbonyl (C=O) groups excluding carboxylic acids is 3. The van der Waals surface area contributed by atoms with Crippen LogP contribution >= 0.6 is 15.9 Å². The van der Waals surface area contributed by atoms with Gasteiger partial charge in [-0.2, -0.15) is 0 Å². The minimum absolute atomic E-state index is 0.0164. The molecule has 1 heterocycles. The third-order valence-corrected chi connectivity index (χ3v) is 5.12. The Morgan fingerprint density at radius 3 is 2.48 bits per heavy atom. The number of allylic oxidation sites excluding steroid dienone is 1. The number of ether oxygens (including phenoxy) is 2. The van der Waals surface area contributed by atoms with Gasteiger partial charge in [0, 0.05) is 16.9 Å². The van der Waals surface area contributed by atoms with Crippen molar-refractivity contribution in [1.29, 1.82) is 0 Å². The number of pyridine rings is 1. The lowest BCUT2D eigenvalue weighted by Gasteiger charge is -2.31. The summed E-state index contributed by atoms with van der Waals surface area (Å²) in [5.74, 6) is -5.74. The number of hydrogen-bond acceptors (Lipinski definition) is 7. The van der Waals surface area contributed by atoms with Crippen LogP contribution in [0.4, 0.5) is 14.5 Å². The Morgan fingerprint density at radius 1 is 1.16 bits per heavy atom. The third-order valence-electron chi connectivity index (χ3n) is 4.63. The maximum atomic E-state index is 15.4. The molecule has 2 aromatic rings. The fourth-order valence-corrected chi connectivity index (χ4v) is 3.45. The van der Waals surface area contributed by atoms with Gasteiger partial charge < -0.3 is 14.8 Å². The van der Waals surface area contributed by atoms with Crippen LogP contribution in [0.1, 0.15) is 5.56 Å². The zero-order valence-electron chi connectivity index (χ0n) is 16.2. The largest absolute Gasteiger partial charge is 0.468 e. The van der Waals surface area contributed by atoms with Crippen molar-refractivity contribution in [1.82, 2.24) is 4.98 Å². The molecule has 1 N–H and O–H groups in total. The maximum Gasteiger partial charge on any atom is 0.339 e. The van der Waals surface area contributed by atoms with Crippen LogP contribution in [0.25, 0.3) is 0 Å². The van der Waals surface area contributed by atoms with Crippen molar-refractivity contribution in [2.75, 3.05) is 19.5 Å². The van der Waals surface area contributed by atoms with E-state index >= 15 is 4.39 Å². The Labute approximate surface area is 183 Å². The van der Waals surface area contributed by atoms with Crippen molar-refractivity contribution in [3.05, 3.63) is 81.8 Å². The predicted molar refractivity (Wildman–Crippen MR) is 109 cm³/mol. The number of esters is 2. The molecule has 0 aliphatic heterocycles. The fraction of sp³-hybridized carbons (Fsp3) is 0.143. The van der Waals surface area contributed by atoms with Crippen LogP contribution < -0.4 is 5.32 Å². The molecule has 1 unspecified atom stereocenters. The first-order valence-electron chi connectivity index (χ1n) is 8.73. The van der Waals surface area contributed by atoms with Crippen molar-refractivity contribution in [3.8, 4) is 0 Å². The number of benzene rings is 1. The number of rotatable bonds is 5. The van der Waals surface area contributed by atoms with E-state index in [9.17, 15) is 18.8 Å². The average molecular weight is 493 g/mol. The molecule has 10 heteroatoms. The van der Waals surface area contributed by atoms with E-state index in [1.807, 2.05) is 0 Å². The van der Waals surface area contributed by atoms with E-state index in [-0.39, 0.29) is 11.3 Å². The van der Waals surface area contributed by atoms with Crippen LogP contribution in [0, 0.1) is 5.82 Å². The molecule has 0 radical (unpaired) electrons. The molecule has 1 atom stereocenters. The standard InChI is InChI=1S/C21H15BrF2N2O5/c1-30-19(28)13-9-21(20(29)31-2,11-4-3-7-25-10-11)18(27)16(24)17(13)26-15-6-5-12(22)8-14(15)23/h3-10,26H,1-2H3. The average Bonchev–Trinajstić information content (AvgIpc) is 2.78. The zero-order valence-corrected chi connectivity index (χ0v) is 17.8. The first-order valence-corrected chi connectivity index (χ1v) is 9.52. The van der Waals surface area contributed by atoms with Gasteiger partial charge in [-0.1, -0.05) is 22.0 Å². The molecular formula is C21H15BrF2N2O5. The summed E-state index contributed by atoms with van der Waals surface area (Å²) in [6.07, 6.45) is 3.51. The first-order chi connectivity index (χ1) is 14.8. The number of halogens is 3. The summed E-state index contributed by atoms with van der Waals surface area (Å²) in [7, 11) is 2.06.